The predicted molar refractivity (Wildman–Crippen MR) is 78.5 cm³/mol. The van der Waals surface area contributed by atoms with E-state index in [1.165, 1.54) is 16.0 Å². The van der Waals surface area contributed by atoms with Crippen LogP contribution in [0.4, 0.5) is 0 Å². The Labute approximate surface area is 115 Å². The second-order valence-corrected chi connectivity index (χ2v) is 6.92. The molecule has 1 nitrogen and oxygen atoms in total. The number of nitrogens with two attached hydrogens (primary N) is 1. The Balaban J connectivity index is 2.26. The van der Waals surface area contributed by atoms with E-state index in [1.54, 1.807) is 11.3 Å². The third-order valence-corrected chi connectivity index (χ3v) is 4.72. The van der Waals surface area contributed by atoms with Gasteiger partial charge in [0.1, 0.15) is 0 Å². The second-order valence-electron chi connectivity index (χ2n) is 4.29. The number of hydrogen-bond acceptors (Lipinski definition) is 2. The quantitative estimate of drug-likeness (QED) is 0.879. The van der Waals surface area contributed by atoms with E-state index in [2.05, 4.69) is 60.1 Å². The normalized spacial score (nSPS) is 14.6. The van der Waals surface area contributed by atoms with Crippen molar-refractivity contribution in [3.63, 3.8) is 0 Å². The molecule has 1 aromatic heterocycles. The van der Waals surface area contributed by atoms with Crippen molar-refractivity contribution in [3.05, 3.63) is 56.2 Å². The SMILES string of the molecule is Cc1sc(Br)cc1C(N)C(C)c1ccccc1. The maximum atomic E-state index is 6.37. The fourth-order valence-corrected chi connectivity index (χ4v) is 3.79. The lowest BCUT2D eigenvalue weighted by Gasteiger charge is -2.20. The summed E-state index contributed by atoms with van der Waals surface area (Å²) in [5.74, 6) is 0.330. The van der Waals surface area contributed by atoms with Crippen LogP contribution in [0, 0.1) is 6.92 Å². The zero-order valence-corrected chi connectivity index (χ0v) is 12.4. The minimum atomic E-state index is 0.0555. The Morgan fingerprint density at radius 2 is 1.88 bits per heavy atom. The molecule has 2 aromatic rings. The third kappa shape index (κ3) is 2.79. The van der Waals surface area contributed by atoms with Crippen LogP contribution in [0.15, 0.2) is 40.2 Å². The summed E-state index contributed by atoms with van der Waals surface area (Å²) in [6.45, 7) is 4.31. The fraction of sp³-hybridized carbons (Fsp3) is 0.286. The number of halogens is 1. The first-order valence-corrected chi connectivity index (χ1v) is 7.27. The third-order valence-electron chi connectivity index (χ3n) is 3.15. The summed E-state index contributed by atoms with van der Waals surface area (Å²) < 4.78 is 1.15. The highest BCUT2D eigenvalue weighted by Crippen LogP contribution is 2.35. The summed E-state index contributed by atoms with van der Waals surface area (Å²) >= 11 is 5.27. The highest BCUT2D eigenvalue weighted by molar-refractivity contribution is 9.11. The predicted octanol–water partition coefficient (Wildman–Crippen LogP) is 4.62. The number of rotatable bonds is 3. The van der Waals surface area contributed by atoms with Gasteiger partial charge in [-0.2, -0.15) is 0 Å². The molecule has 0 saturated carbocycles. The molecule has 0 spiro atoms. The van der Waals surface area contributed by atoms with Crippen molar-refractivity contribution in [1.82, 2.24) is 0 Å². The number of aryl methyl sites for hydroxylation is 1. The van der Waals surface area contributed by atoms with E-state index in [0.29, 0.717) is 5.92 Å². The largest absolute Gasteiger partial charge is 0.323 e. The molecule has 0 bridgehead atoms. The van der Waals surface area contributed by atoms with Crippen LogP contribution in [0.5, 0.6) is 0 Å². The van der Waals surface area contributed by atoms with Crippen LogP contribution >= 0.6 is 27.3 Å². The van der Waals surface area contributed by atoms with Crippen LogP contribution in [-0.2, 0) is 0 Å². The molecule has 0 amide bonds. The van der Waals surface area contributed by atoms with Gasteiger partial charge in [-0.15, -0.1) is 11.3 Å². The molecule has 0 radical (unpaired) electrons. The molecule has 0 saturated heterocycles. The molecule has 2 atom stereocenters. The van der Waals surface area contributed by atoms with Gasteiger partial charge in [-0.05, 0) is 40.0 Å². The molecule has 90 valence electrons. The maximum absolute atomic E-state index is 6.37. The van der Waals surface area contributed by atoms with Crippen LogP contribution in [0.25, 0.3) is 0 Å². The van der Waals surface area contributed by atoms with Crippen LogP contribution in [0.2, 0.25) is 0 Å². The Bertz CT molecular complexity index is 492. The number of thiophene rings is 1. The molecule has 2 rings (SSSR count). The summed E-state index contributed by atoms with van der Waals surface area (Å²) in [7, 11) is 0. The molecule has 0 aliphatic heterocycles. The lowest BCUT2D eigenvalue weighted by Crippen LogP contribution is -2.17. The Kier molecular flexibility index (Phi) is 4.02. The van der Waals surface area contributed by atoms with Crippen molar-refractivity contribution in [1.29, 1.82) is 0 Å². The van der Waals surface area contributed by atoms with E-state index < -0.39 is 0 Å². The molecule has 0 aliphatic rings. The summed E-state index contributed by atoms with van der Waals surface area (Å²) in [4.78, 5) is 1.30. The van der Waals surface area contributed by atoms with E-state index >= 15 is 0 Å². The smallest absolute Gasteiger partial charge is 0.0704 e. The van der Waals surface area contributed by atoms with Gasteiger partial charge in [-0.1, -0.05) is 37.3 Å². The van der Waals surface area contributed by atoms with Gasteiger partial charge < -0.3 is 5.73 Å². The standard InChI is InChI=1S/C14H16BrNS/c1-9(11-6-4-3-5-7-11)14(16)12-8-13(15)17-10(12)2/h3-9,14H,16H2,1-2H3. The Hall–Kier alpha value is -0.640. The van der Waals surface area contributed by atoms with Crippen molar-refractivity contribution in [2.75, 3.05) is 0 Å². The lowest BCUT2D eigenvalue weighted by molar-refractivity contribution is 0.597. The highest BCUT2D eigenvalue weighted by Gasteiger charge is 2.19. The Morgan fingerprint density at radius 3 is 2.41 bits per heavy atom. The second kappa shape index (κ2) is 5.34. The van der Waals surface area contributed by atoms with Crippen molar-refractivity contribution in [2.24, 2.45) is 5.73 Å². The molecule has 3 heteroatoms. The highest BCUT2D eigenvalue weighted by atomic mass is 79.9. The zero-order chi connectivity index (χ0) is 12.4. The molecule has 1 aromatic carbocycles. The van der Waals surface area contributed by atoms with Gasteiger partial charge in [-0.3, -0.25) is 0 Å². The van der Waals surface area contributed by atoms with E-state index in [1.807, 2.05) is 6.07 Å². The molecule has 2 unspecified atom stereocenters. The first kappa shape index (κ1) is 12.8. The van der Waals surface area contributed by atoms with Crippen LogP contribution in [0.3, 0.4) is 0 Å². The van der Waals surface area contributed by atoms with E-state index in [-0.39, 0.29) is 6.04 Å². The number of hydrogen-bond donors (Lipinski definition) is 1. The van der Waals surface area contributed by atoms with Gasteiger partial charge in [0, 0.05) is 16.8 Å². The van der Waals surface area contributed by atoms with Gasteiger partial charge in [0.05, 0.1) is 3.79 Å². The van der Waals surface area contributed by atoms with Crippen LogP contribution in [0.1, 0.15) is 34.9 Å². The summed E-state index contributed by atoms with van der Waals surface area (Å²) in [5.41, 5.74) is 8.91. The molecule has 0 fully saturated rings. The molecule has 0 aliphatic carbocycles. The minimum absolute atomic E-state index is 0.0555. The first-order valence-electron chi connectivity index (χ1n) is 5.66. The summed E-state index contributed by atoms with van der Waals surface area (Å²) in [5, 5.41) is 0. The van der Waals surface area contributed by atoms with E-state index in [9.17, 15) is 0 Å². The van der Waals surface area contributed by atoms with Crippen LogP contribution < -0.4 is 5.73 Å². The summed E-state index contributed by atoms with van der Waals surface area (Å²) in [6.07, 6.45) is 0. The van der Waals surface area contributed by atoms with Gasteiger partial charge in [-0.25, -0.2) is 0 Å². The average Bonchev–Trinajstić information content (AvgIpc) is 2.68. The van der Waals surface area contributed by atoms with Crippen LogP contribution in [-0.4, -0.2) is 0 Å². The maximum Gasteiger partial charge on any atom is 0.0704 e. The fourth-order valence-electron chi connectivity index (χ4n) is 2.02. The lowest BCUT2D eigenvalue weighted by atomic mass is 9.89. The average molecular weight is 310 g/mol. The minimum Gasteiger partial charge on any atom is -0.323 e. The molecular weight excluding hydrogens is 294 g/mol. The van der Waals surface area contributed by atoms with Crippen molar-refractivity contribution in [2.45, 2.75) is 25.8 Å². The Morgan fingerprint density at radius 1 is 1.24 bits per heavy atom. The van der Waals surface area contributed by atoms with Crippen molar-refractivity contribution < 1.29 is 0 Å². The molecule has 2 N–H and O–H groups in total. The van der Waals surface area contributed by atoms with Gasteiger partial charge in [0.15, 0.2) is 0 Å². The molecule has 1 heterocycles. The topological polar surface area (TPSA) is 26.0 Å². The van der Waals surface area contributed by atoms with Crippen molar-refractivity contribution in [3.8, 4) is 0 Å². The molecular formula is C14H16BrNS. The first-order chi connectivity index (χ1) is 8.09. The monoisotopic (exact) mass is 309 g/mol. The van der Waals surface area contributed by atoms with Gasteiger partial charge in [0.25, 0.3) is 0 Å². The van der Waals surface area contributed by atoms with Crippen molar-refractivity contribution >= 4 is 27.3 Å². The molecule has 17 heavy (non-hydrogen) atoms. The number of benzene rings is 1. The van der Waals surface area contributed by atoms with Gasteiger partial charge >= 0.3 is 0 Å². The van der Waals surface area contributed by atoms with E-state index in [0.717, 1.165) is 3.79 Å². The van der Waals surface area contributed by atoms with Gasteiger partial charge in [0.2, 0.25) is 0 Å². The zero-order valence-electron chi connectivity index (χ0n) is 9.98. The van der Waals surface area contributed by atoms with E-state index in [4.69, 9.17) is 5.73 Å². The summed E-state index contributed by atoms with van der Waals surface area (Å²) in [6, 6.07) is 12.6.